The number of hydrogen-bond acceptors (Lipinski definition) is 7. The lowest BCUT2D eigenvalue weighted by Gasteiger charge is -2.25. The fourth-order valence-corrected chi connectivity index (χ4v) is 5.72. The van der Waals surface area contributed by atoms with Crippen molar-refractivity contribution in [1.82, 2.24) is 0 Å². The summed E-state index contributed by atoms with van der Waals surface area (Å²) in [5, 5.41) is 3.08. The summed E-state index contributed by atoms with van der Waals surface area (Å²) >= 11 is 5.83. The van der Waals surface area contributed by atoms with E-state index in [2.05, 4.69) is 10.0 Å². The van der Waals surface area contributed by atoms with Crippen LogP contribution in [0.5, 0.6) is 11.5 Å². The summed E-state index contributed by atoms with van der Waals surface area (Å²) in [6.45, 7) is 1.71. The molecule has 4 rings (SSSR count). The Hall–Kier alpha value is -3.48. The van der Waals surface area contributed by atoms with E-state index < -0.39 is 32.5 Å². The first-order chi connectivity index (χ1) is 17.6. The number of benzene rings is 3. The molecule has 1 aliphatic heterocycles. The van der Waals surface area contributed by atoms with E-state index in [0.29, 0.717) is 41.1 Å². The summed E-state index contributed by atoms with van der Waals surface area (Å²) < 4.78 is 65.3. The molecule has 0 saturated heterocycles. The average molecular weight is 566 g/mol. The van der Waals surface area contributed by atoms with Crippen molar-refractivity contribution in [3.63, 3.8) is 0 Å². The number of anilines is 3. The third kappa shape index (κ3) is 6.45. The molecule has 0 radical (unpaired) electrons. The molecule has 1 aliphatic rings. The van der Waals surface area contributed by atoms with Gasteiger partial charge < -0.3 is 14.8 Å². The molecule has 3 aromatic rings. The minimum atomic E-state index is -3.87. The predicted molar refractivity (Wildman–Crippen MR) is 142 cm³/mol. The van der Waals surface area contributed by atoms with Gasteiger partial charge in [0.05, 0.1) is 16.3 Å². The zero-order valence-electron chi connectivity index (χ0n) is 19.7. The van der Waals surface area contributed by atoms with Crippen molar-refractivity contribution in [3.05, 3.63) is 71.8 Å². The number of carbonyl (C=O) groups excluding carboxylic acids is 1. The zero-order chi connectivity index (χ0) is 26.6. The standard InChI is InChI=1S/C24H24ClN3O7S2/c1-2-36(30,31)28(20-9-12-22-23(15-20)35-14-13-34-22)16-24(29)26-18-7-10-21(11-8-18)37(32,33)27-19-5-3-17(25)4-6-19/h3-12,15,27H,2,13-14,16H2,1H3,(H,26,29). The number of carbonyl (C=O) groups is 1. The van der Waals surface area contributed by atoms with E-state index in [-0.39, 0.29) is 16.3 Å². The number of amides is 1. The van der Waals surface area contributed by atoms with Crippen molar-refractivity contribution in [3.8, 4) is 11.5 Å². The van der Waals surface area contributed by atoms with Crippen molar-refractivity contribution in [2.75, 3.05) is 39.9 Å². The van der Waals surface area contributed by atoms with Gasteiger partial charge in [-0.15, -0.1) is 0 Å². The highest BCUT2D eigenvalue weighted by atomic mass is 35.5. The molecule has 10 nitrogen and oxygen atoms in total. The monoisotopic (exact) mass is 565 g/mol. The van der Waals surface area contributed by atoms with Crippen LogP contribution in [0.25, 0.3) is 0 Å². The summed E-state index contributed by atoms with van der Waals surface area (Å²) in [6, 6.07) is 16.3. The Bertz CT molecular complexity index is 1490. The van der Waals surface area contributed by atoms with Crippen molar-refractivity contribution < 1.29 is 31.1 Å². The lowest BCUT2D eigenvalue weighted by molar-refractivity contribution is -0.114. The summed E-state index contributed by atoms with van der Waals surface area (Å²) in [5.74, 6) is 0.0576. The van der Waals surface area contributed by atoms with Crippen LogP contribution >= 0.6 is 11.6 Å². The molecule has 0 fully saturated rings. The minimum Gasteiger partial charge on any atom is -0.486 e. The van der Waals surface area contributed by atoms with Crippen LogP contribution in [0.3, 0.4) is 0 Å². The second-order valence-electron chi connectivity index (χ2n) is 7.92. The van der Waals surface area contributed by atoms with Crippen LogP contribution in [0.15, 0.2) is 71.6 Å². The molecule has 2 N–H and O–H groups in total. The number of halogens is 1. The number of fused-ring (bicyclic) bond motifs is 1. The van der Waals surface area contributed by atoms with Crippen LogP contribution in [0.2, 0.25) is 5.02 Å². The smallest absolute Gasteiger partial charge is 0.261 e. The van der Waals surface area contributed by atoms with Crippen LogP contribution in [-0.4, -0.2) is 48.3 Å². The van der Waals surface area contributed by atoms with E-state index in [1.807, 2.05) is 0 Å². The maximum atomic E-state index is 12.8. The number of hydrogen-bond donors (Lipinski definition) is 2. The number of nitrogens with zero attached hydrogens (tertiary/aromatic N) is 1. The van der Waals surface area contributed by atoms with Crippen molar-refractivity contribution in [2.45, 2.75) is 11.8 Å². The van der Waals surface area contributed by atoms with Gasteiger partial charge in [0.1, 0.15) is 19.8 Å². The largest absolute Gasteiger partial charge is 0.486 e. The number of nitrogens with one attached hydrogen (secondary N) is 2. The molecule has 0 unspecified atom stereocenters. The molecule has 13 heteroatoms. The first-order valence-corrected chi connectivity index (χ1v) is 14.6. The quantitative estimate of drug-likeness (QED) is 0.404. The van der Waals surface area contributed by atoms with Gasteiger partial charge in [-0.1, -0.05) is 11.6 Å². The Labute approximate surface area is 220 Å². The molecule has 0 spiro atoms. The lowest BCUT2D eigenvalue weighted by atomic mass is 10.2. The normalized spacial score (nSPS) is 13.0. The van der Waals surface area contributed by atoms with Crippen molar-refractivity contribution >= 4 is 54.6 Å². The molecule has 196 valence electrons. The molecule has 0 saturated carbocycles. The summed E-state index contributed by atoms with van der Waals surface area (Å²) in [7, 11) is -7.68. The molecular formula is C24H24ClN3O7S2. The van der Waals surface area contributed by atoms with Crippen LogP contribution in [-0.2, 0) is 24.8 Å². The molecular weight excluding hydrogens is 542 g/mol. The molecule has 0 bridgehead atoms. The number of sulfonamides is 2. The summed E-state index contributed by atoms with van der Waals surface area (Å²) in [5.41, 5.74) is 0.903. The Kier molecular flexibility index (Phi) is 7.81. The lowest BCUT2D eigenvalue weighted by Crippen LogP contribution is -2.39. The maximum Gasteiger partial charge on any atom is 0.261 e. The predicted octanol–water partition coefficient (Wildman–Crippen LogP) is 3.71. The van der Waals surface area contributed by atoms with Crippen molar-refractivity contribution in [2.24, 2.45) is 0 Å². The van der Waals surface area contributed by atoms with E-state index in [1.165, 1.54) is 49.4 Å². The van der Waals surface area contributed by atoms with Crippen LogP contribution in [0.4, 0.5) is 17.1 Å². The summed E-state index contributed by atoms with van der Waals surface area (Å²) in [6.07, 6.45) is 0. The van der Waals surface area contributed by atoms with Gasteiger partial charge in [0.2, 0.25) is 15.9 Å². The van der Waals surface area contributed by atoms with Crippen LogP contribution in [0, 0.1) is 0 Å². The average Bonchev–Trinajstić information content (AvgIpc) is 2.88. The van der Waals surface area contributed by atoms with Gasteiger partial charge in [-0.3, -0.25) is 13.8 Å². The zero-order valence-corrected chi connectivity index (χ0v) is 22.1. The minimum absolute atomic E-state index is 0.0214. The van der Waals surface area contributed by atoms with E-state index in [4.69, 9.17) is 21.1 Å². The third-order valence-corrected chi connectivity index (χ3v) is 8.74. The summed E-state index contributed by atoms with van der Waals surface area (Å²) in [4.78, 5) is 12.8. The molecule has 37 heavy (non-hydrogen) atoms. The van der Waals surface area contributed by atoms with E-state index in [0.717, 1.165) is 4.31 Å². The Morgan fingerprint density at radius 1 is 0.892 bits per heavy atom. The van der Waals surface area contributed by atoms with E-state index in [1.54, 1.807) is 24.3 Å². The Morgan fingerprint density at radius 2 is 1.51 bits per heavy atom. The SMILES string of the molecule is CCS(=O)(=O)N(CC(=O)Nc1ccc(S(=O)(=O)Nc2ccc(Cl)cc2)cc1)c1ccc2c(c1)OCCO2. The number of ether oxygens (including phenoxy) is 2. The highest BCUT2D eigenvalue weighted by Gasteiger charge is 2.25. The van der Waals surface area contributed by atoms with E-state index in [9.17, 15) is 21.6 Å². The first kappa shape index (κ1) is 26.6. The topological polar surface area (TPSA) is 131 Å². The molecule has 0 aliphatic carbocycles. The van der Waals surface area contributed by atoms with E-state index >= 15 is 0 Å². The third-order valence-electron chi connectivity index (χ3n) is 5.35. The van der Waals surface area contributed by atoms with Gasteiger partial charge in [-0.05, 0) is 67.6 Å². The van der Waals surface area contributed by atoms with Crippen LogP contribution in [0.1, 0.15) is 6.92 Å². The van der Waals surface area contributed by atoms with Gasteiger partial charge in [-0.2, -0.15) is 0 Å². The molecule has 0 atom stereocenters. The highest BCUT2D eigenvalue weighted by molar-refractivity contribution is 7.93. The molecule has 3 aromatic carbocycles. The maximum absolute atomic E-state index is 12.8. The van der Waals surface area contributed by atoms with Crippen LogP contribution < -0.4 is 23.8 Å². The van der Waals surface area contributed by atoms with Gasteiger partial charge >= 0.3 is 0 Å². The van der Waals surface area contributed by atoms with Gasteiger partial charge in [-0.25, -0.2) is 16.8 Å². The van der Waals surface area contributed by atoms with Gasteiger partial charge in [0.15, 0.2) is 11.5 Å². The van der Waals surface area contributed by atoms with Crippen molar-refractivity contribution in [1.29, 1.82) is 0 Å². The van der Waals surface area contributed by atoms with Gasteiger partial charge in [0.25, 0.3) is 10.0 Å². The molecule has 0 aromatic heterocycles. The molecule has 1 heterocycles. The Morgan fingerprint density at radius 3 is 2.16 bits per heavy atom. The number of rotatable bonds is 9. The highest BCUT2D eigenvalue weighted by Crippen LogP contribution is 2.35. The first-order valence-electron chi connectivity index (χ1n) is 11.2. The Balaban J connectivity index is 1.47. The fourth-order valence-electron chi connectivity index (χ4n) is 3.47. The second-order valence-corrected chi connectivity index (χ2v) is 12.2. The fraction of sp³-hybridized carbons (Fsp3) is 0.208. The van der Waals surface area contributed by atoms with Gasteiger partial charge in [0, 0.05) is 22.5 Å². The second kappa shape index (κ2) is 10.9. The molecule has 1 amide bonds.